The second kappa shape index (κ2) is 6.99. The minimum Gasteiger partial charge on any atom is -0.457 e. The maximum Gasteiger partial charge on any atom is 0.262 e. The van der Waals surface area contributed by atoms with E-state index in [1.807, 2.05) is 43.3 Å². The Balaban J connectivity index is 1.76. The molecule has 0 bridgehead atoms. The summed E-state index contributed by atoms with van der Waals surface area (Å²) in [6.07, 6.45) is 0. The second-order valence-corrected chi connectivity index (χ2v) is 7.46. The maximum atomic E-state index is 12.6. The van der Waals surface area contributed by atoms with Crippen molar-refractivity contribution in [2.75, 3.05) is 4.72 Å². The van der Waals surface area contributed by atoms with Crippen molar-refractivity contribution >= 4 is 15.7 Å². The standard InChI is InChI=1S/C20H19NO3S/c1-15-8-13-20(16(2)14-15)25(22,23)21-17-9-11-19(12-10-17)24-18-6-4-3-5-7-18/h3-14,21H,1-2H3. The lowest BCUT2D eigenvalue weighted by Gasteiger charge is -2.12. The molecule has 0 heterocycles. The van der Waals surface area contributed by atoms with Crippen LogP contribution in [-0.4, -0.2) is 8.42 Å². The van der Waals surface area contributed by atoms with Crippen LogP contribution >= 0.6 is 0 Å². The number of benzene rings is 3. The van der Waals surface area contributed by atoms with Gasteiger partial charge < -0.3 is 4.74 Å². The van der Waals surface area contributed by atoms with Crippen molar-refractivity contribution in [3.05, 3.63) is 83.9 Å². The second-order valence-electron chi connectivity index (χ2n) is 5.81. The first-order valence-electron chi connectivity index (χ1n) is 7.87. The molecule has 5 heteroatoms. The van der Waals surface area contributed by atoms with E-state index in [0.717, 1.165) is 16.9 Å². The molecular weight excluding hydrogens is 334 g/mol. The number of nitrogens with one attached hydrogen (secondary N) is 1. The molecule has 0 radical (unpaired) electrons. The van der Waals surface area contributed by atoms with Crippen LogP contribution < -0.4 is 9.46 Å². The Morgan fingerprint density at radius 1 is 0.800 bits per heavy atom. The molecule has 25 heavy (non-hydrogen) atoms. The lowest BCUT2D eigenvalue weighted by molar-refractivity contribution is 0.483. The third-order valence-electron chi connectivity index (χ3n) is 3.71. The van der Waals surface area contributed by atoms with E-state index < -0.39 is 10.0 Å². The van der Waals surface area contributed by atoms with Crippen molar-refractivity contribution in [2.45, 2.75) is 18.7 Å². The van der Waals surface area contributed by atoms with Crippen molar-refractivity contribution in [3.63, 3.8) is 0 Å². The van der Waals surface area contributed by atoms with Crippen LogP contribution in [0.2, 0.25) is 0 Å². The topological polar surface area (TPSA) is 55.4 Å². The Morgan fingerprint density at radius 2 is 1.44 bits per heavy atom. The molecule has 0 aliphatic carbocycles. The summed E-state index contributed by atoms with van der Waals surface area (Å²) in [7, 11) is -3.62. The molecular formula is C20H19NO3S. The van der Waals surface area contributed by atoms with E-state index in [9.17, 15) is 8.42 Å². The summed E-state index contributed by atoms with van der Waals surface area (Å²) in [5, 5.41) is 0. The van der Waals surface area contributed by atoms with Gasteiger partial charge in [0, 0.05) is 5.69 Å². The molecule has 0 aliphatic heterocycles. The van der Waals surface area contributed by atoms with Crippen LogP contribution in [0.3, 0.4) is 0 Å². The Morgan fingerprint density at radius 3 is 2.08 bits per heavy atom. The van der Waals surface area contributed by atoms with E-state index in [2.05, 4.69) is 4.72 Å². The van der Waals surface area contributed by atoms with Crippen LogP contribution in [0.1, 0.15) is 11.1 Å². The number of anilines is 1. The number of rotatable bonds is 5. The zero-order valence-electron chi connectivity index (χ0n) is 14.1. The highest BCUT2D eigenvalue weighted by atomic mass is 32.2. The summed E-state index contributed by atoms with van der Waals surface area (Å²) in [5.74, 6) is 1.37. The molecule has 3 aromatic rings. The molecule has 0 aromatic heterocycles. The van der Waals surface area contributed by atoms with Crippen LogP contribution in [-0.2, 0) is 10.0 Å². The fourth-order valence-electron chi connectivity index (χ4n) is 2.53. The van der Waals surface area contributed by atoms with Gasteiger partial charge >= 0.3 is 0 Å². The van der Waals surface area contributed by atoms with Gasteiger partial charge in [-0.3, -0.25) is 4.72 Å². The number of hydrogen-bond donors (Lipinski definition) is 1. The van der Waals surface area contributed by atoms with Gasteiger partial charge in [-0.15, -0.1) is 0 Å². The van der Waals surface area contributed by atoms with Crippen molar-refractivity contribution in [3.8, 4) is 11.5 Å². The van der Waals surface area contributed by atoms with Gasteiger partial charge in [0.05, 0.1) is 4.90 Å². The molecule has 3 rings (SSSR count). The van der Waals surface area contributed by atoms with E-state index in [-0.39, 0.29) is 4.90 Å². The van der Waals surface area contributed by atoms with Crippen molar-refractivity contribution in [1.29, 1.82) is 0 Å². The Kier molecular flexibility index (Phi) is 4.76. The molecule has 0 unspecified atom stereocenters. The molecule has 0 spiro atoms. The lowest BCUT2D eigenvalue weighted by Crippen LogP contribution is -2.14. The van der Waals surface area contributed by atoms with E-state index in [0.29, 0.717) is 11.4 Å². The Labute approximate surface area is 148 Å². The molecule has 0 atom stereocenters. The monoisotopic (exact) mass is 353 g/mol. The SMILES string of the molecule is Cc1ccc(S(=O)(=O)Nc2ccc(Oc3ccccc3)cc2)c(C)c1. The molecule has 0 fully saturated rings. The third kappa shape index (κ3) is 4.19. The van der Waals surface area contributed by atoms with E-state index in [4.69, 9.17) is 4.74 Å². The lowest BCUT2D eigenvalue weighted by atomic mass is 10.2. The number of para-hydroxylation sites is 1. The first kappa shape index (κ1) is 17.0. The van der Waals surface area contributed by atoms with Gasteiger partial charge in [0.2, 0.25) is 0 Å². The highest BCUT2D eigenvalue weighted by molar-refractivity contribution is 7.92. The molecule has 0 aliphatic rings. The molecule has 3 aromatic carbocycles. The smallest absolute Gasteiger partial charge is 0.262 e. The predicted molar refractivity (Wildman–Crippen MR) is 99.7 cm³/mol. The summed E-state index contributed by atoms with van der Waals surface area (Å²) >= 11 is 0. The molecule has 0 amide bonds. The number of sulfonamides is 1. The Hall–Kier alpha value is -2.79. The van der Waals surface area contributed by atoms with Crippen molar-refractivity contribution < 1.29 is 13.2 Å². The average molecular weight is 353 g/mol. The van der Waals surface area contributed by atoms with Crippen molar-refractivity contribution in [1.82, 2.24) is 0 Å². The summed E-state index contributed by atoms with van der Waals surface area (Å²) in [6.45, 7) is 3.72. The molecule has 1 N–H and O–H groups in total. The number of hydrogen-bond acceptors (Lipinski definition) is 3. The third-order valence-corrected chi connectivity index (χ3v) is 5.25. The average Bonchev–Trinajstić information content (AvgIpc) is 2.57. The largest absolute Gasteiger partial charge is 0.457 e. The van der Waals surface area contributed by atoms with Crippen LogP contribution in [0.4, 0.5) is 5.69 Å². The molecule has 0 saturated carbocycles. The first-order valence-corrected chi connectivity index (χ1v) is 9.35. The van der Waals surface area contributed by atoms with E-state index in [1.54, 1.807) is 43.3 Å². The maximum absolute atomic E-state index is 12.6. The summed E-state index contributed by atoms with van der Waals surface area (Å²) in [4.78, 5) is 0.280. The van der Waals surface area contributed by atoms with Gasteiger partial charge in [0.15, 0.2) is 0 Å². The van der Waals surface area contributed by atoms with Gasteiger partial charge in [-0.05, 0) is 61.9 Å². The van der Waals surface area contributed by atoms with Gasteiger partial charge in [0.25, 0.3) is 10.0 Å². The summed E-state index contributed by atoms with van der Waals surface area (Å²) in [6, 6.07) is 21.5. The molecule has 4 nitrogen and oxygen atoms in total. The first-order chi connectivity index (χ1) is 11.9. The van der Waals surface area contributed by atoms with Crippen LogP contribution in [0.5, 0.6) is 11.5 Å². The van der Waals surface area contributed by atoms with Gasteiger partial charge in [-0.1, -0.05) is 35.9 Å². The number of ether oxygens (including phenoxy) is 1. The predicted octanol–water partition coefficient (Wildman–Crippen LogP) is 4.90. The van der Waals surface area contributed by atoms with Crippen LogP contribution in [0.15, 0.2) is 77.7 Å². The summed E-state index contributed by atoms with van der Waals surface area (Å²) in [5.41, 5.74) is 2.23. The number of aryl methyl sites for hydroxylation is 2. The van der Waals surface area contributed by atoms with Gasteiger partial charge in [-0.2, -0.15) is 0 Å². The molecule has 128 valence electrons. The fourth-order valence-corrected chi connectivity index (χ4v) is 3.81. The highest BCUT2D eigenvalue weighted by Gasteiger charge is 2.16. The minimum absolute atomic E-state index is 0.280. The summed E-state index contributed by atoms with van der Waals surface area (Å²) < 4.78 is 33.4. The van der Waals surface area contributed by atoms with Crippen molar-refractivity contribution in [2.24, 2.45) is 0 Å². The normalized spacial score (nSPS) is 11.1. The highest BCUT2D eigenvalue weighted by Crippen LogP contribution is 2.25. The van der Waals surface area contributed by atoms with Crippen LogP contribution in [0, 0.1) is 13.8 Å². The van der Waals surface area contributed by atoms with E-state index in [1.165, 1.54) is 0 Å². The quantitative estimate of drug-likeness (QED) is 0.710. The zero-order valence-corrected chi connectivity index (χ0v) is 14.9. The fraction of sp³-hybridized carbons (Fsp3) is 0.100. The molecule has 0 saturated heterocycles. The van der Waals surface area contributed by atoms with E-state index >= 15 is 0 Å². The minimum atomic E-state index is -3.62. The Bertz CT molecular complexity index is 966. The van der Waals surface area contributed by atoms with Gasteiger partial charge in [0.1, 0.15) is 11.5 Å². The van der Waals surface area contributed by atoms with Gasteiger partial charge in [-0.25, -0.2) is 8.42 Å². The van der Waals surface area contributed by atoms with Crippen LogP contribution in [0.25, 0.3) is 0 Å². The zero-order chi connectivity index (χ0) is 17.9.